The van der Waals surface area contributed by atoms with E-state index < -0.39 is 0 Å². The van der Waals surface area contributed by atoms with Crippen molar-refractivity contribution in [2.45, 2.75) is 18.6 Å². The Labute approximate surface area is 173 Å². The van der Waals surface area contributed by atoms with Crippen molar-refractivity contribution in [1.82, 2.24) is 25.6 Å². The van der Waals surface area contributed by atoms with Gasteiger partial charge in [-0.1, -0.05) is 72.4 Å². The Hall–Kier alpha value is -2.77. The van der Waals surface area contributed by atoms with E-state index in [-0.39, 0.29) is 11.7 Å². The molecule has 0 fully saturated rings. The first kappa shape index (κ1) is 20.0. The third-order valence-corrected chi connectivity index (χ3v) is 5.16. The number of aromatic nitrogens is 3. The number of hydrogen-bond donors (Lipinski definition) is 2. The molecule has 0 bridgehead atoms. The van der Waals surface area contributed by atoms with Crippen molar-refractivity contribution in [2.24, 2.45) is 0 Å². The lowest BCUT2D eigenvalue weighted by molar-refractivity contribution is -0.119. The highest BCUT2D eigenvalue weighted by Crippen LogP contribution is 2.23. The molecule has 3 rings (SSSR count). The first-order valence-electron chi connectivity index (χ1n) is 8.69. The highest BCUT2D eigenvalue weighted by atomic mass is 35.5. The van der Waals surface area contributed by atoms with E-state index in [1.807, 2.05) is 54.0 Å². The highest BCUT2D eigenvalue weighted by molar-refractivity contribution is 7.99. The molecule has 2 N–H and O–H groups in total. The number of halogens is 1. The number of carbonyl (C=O) groups is 1. The van der Waals surface area contributed by atoms with Gasteiger partial charge in [0.2, 0.25) is 5.91 Å². The molecular formula is C20H20ClN5OS. The van der Waals surface area contributed by atoms with Gasteiger partial charge in [0.15, 0.2) is 11.0 Å². The van der Waals surface area contributed by atoms with Gasteiger partial charge in [-0.05, 0) is 24.6 Å². The maximum Gasteiger partial charge on any atom is 0.248 e. The highest BCUT2D eigenvalue weighted by Gasteiger charge is 2.14. The molecule has 0 unspecified atom stereocenters. The predicted octanol–water partition coefficient (Wildman–Crippen LogP) is 4.00. The van der Waals surface area contributed by atoms with Crippen LogP contribution in [0, 0.1) is 0 Å². The summed E-state index contributed by atoms with van der Waals surface area (Å²) < 4.78 is 1.99. The Morgan fingerprint density at radius 1 is 1.11 bits per heavy atom. The molecule has 6 nitrogen and oxygen atoms in total. The van der Waals surface area contributed by atoms with Crippen molar-refractivity contribution in [3.8, 4) is 11.4 Å². The van der Waals surface area contributed by atoms with Gasteiger partial charge >= 0.3 is 0 Å². The second-order valence-electron chi connectivity index (χ2n) is 5.86. The second-order valence-corrected chi connectivity index (χ2v) is 7.24. The molecule has 144 valence electrons. The third kappa shape index (κ3) is 4.94. The lowest BCUT2D eigenvalue weighted by Gasteiger charge is -2.11. The molecule has 1 aromatic heterocycles. The van der Waals surface area contributed by atoms with Crippen LogP contribution in [-0.2, 0) is 11.3 Å². The van der Waals surface area contributed by atoms with Gasteiger partial charge in [-0.2, -0.15) is 0 Å². The average Bonchev–Trinajstić information content (AvgIpc) is 3.14. The zero-order valence-electron chi connectivity index (χ0n) is 15.4. The van der Waals surface area contributed by atoms with Crippen molar-refractivity contribution < 1.29 is 4.79 Å². The summed E-state index contributed by atoms with van der Waals surface area (Å²) in [7, 11) is 0. The molecular weight excluding hydrogens is 394 g/mol. The van der Waals surface area contributed by atoms with Crippen LogP contribution in [0.1, 0.15) is 12.5 Å². The fourth-order valence-corrected chi connectivity index (χ4v) is 3.44. The first-order valence-corrected chi connectivity index (χ1v) is 10.1. The summed E-state index contributed by atoms with van der Waals surface area (Å²) in [6.07, 6.45) is 0. The van der Waals surface area contributed by atoms with E-state index >= 15 is 0 Å². The zero-order chi connectivity index (χ0) is 19.9. The summed E-state index contributed by atoms with van der Waals surface area (Å²) in [4.78, 5) is 12.2. The number of amides is 1. The van der Waals surface area contributed by atoms with Gasteiger partial charge in [-0.3, -0.25) is 15.6 Å². The molecule has 3 aromatic rings. The number of nitrogens with zero attached hydrogens (tertiary/aromatic N) is 3. The van der Waals surface area contributed by atoms with Gasteiger partial charge in [-0.25, -0.2) is 0 Å². The predicted molar refractivity (Wildman–Crippen MR) is 114 cm³/mol. The summed E-state index contributed by atoms with van der Waals surface area (Å²) in [5, 5.41) is 9.86. The van der Waals surface area contributed by atoms with Crippen LogP contribution in [0.2, 0.25) is 5.02 Å². The molecule has 0 aliphatic heterocycles. The van der Waals surface area contributed by atoms with Gasteiger partial charge in [0, 0.05) is 17.1 Å². The molecule has 1 heterocycles. The van der Waals surface area contributed by atoms with E-state index in [9.17, 15) is 4.79 Å². The maximum atomic E-state index is 12.2. The van der Waals surface area contributed by atoms with E-state index in [2.05, 4.69) is 27.6 Å². The molecule has 0 radical (unpaired) electrons. The molecule has 0 spiro atoms. The van der Waals surface area contributed by atoms with Crippen molar-refractivity contribution in [3.63, 3.8) is 0 Å². The lowest BCUT2D eigenvalue weighted by atomic mass is 10.2. The lowest BCUT2D eigenvalue weighted by Crippen LogP contribution is -2.37. The van der Waals surface area contributed by atoms with E-state index in [0.29, 0.717) is 22.4 Å². The number of hydrogen-bond acceptors (Lipinski definition) is 5. The monoisotopic (exact) mass is 413 g/mol. The Kier molecular flexibility index (Phi) is 6.73. The van der Waals surface area contributed by atoms with Crippen LogP contribution in [0.5, 0.6) is 0 Å². The summed E-state index contributed by atoms with van der Waals surface area (Å²) in [6.45, 7) is 6.65. The van der Waals surface area contributed by atoms with Crippen molar-refractivity contribution in [2.75, 3.05) is 5.75 Å². The van der Waals surface area contributed by atoms with Crippen LogP contribution in [0.15, 0.2) is 66.3 Å². The van der Waals surface area contributed by atoms with Crippen LogP contribution >= 0.6 is 23.4 Å². The molecule has 0 aliphatic rings. The summed E-state index contributed by atoms with van der Waals surface area (Å²) in [5.74, 6) is 0.806. The van der Waals surface area contributed by atoms with Crippen LogP contribution in [-0.4, -0.2) is 26.4 Å². The van der Waals surface area contributed by atoms with Crippen molar-refractivity contribution in [3.05, 3.63) is 71.8 Å². The topological polar surface area (TPSA) is 71.8 Å². The Balaban J connectivity index is 1.55. The minimum Gasteiger partial charge on any atom is -0.302 e. The normalized spacial score (nSPS) is 10.5. The number of carbonyl (C=O) groups excluding carboxylic acids is 1. The minimum absolute atomic E-state index is 0.188. The standard InChI is InChI=1S/C20H20ClN5OS/c1-3-26-19(16-7-5-4-6-8-16)24-25-20(26)28-13-18(27)23-22-14(2)15-9-11-17(21)12-10-15/h4-12,22H,2-3,13H2,1H3,(H,23,27). The molecule has 2 aromatic carbocycles. The fourth-order valence-electron chi connectivity index (χ4n) is 2.52. The van der Waals surface area contributed by atoms with E-state index in [1.165, 1.54) is 11.8 Å². The Morgan fingerprint density at radius 2 is 1.82 bits per heavy atom. The minimum atomic E-state index is -0.188. The van der Waals surface area contributed by atoms with Gasteiger partial charge in [-0.15, -0.1) is 10.2 Å². The molecule has 0 aliphatic carbocycles. The van der Waals surface area contributed by atoms with Gasteiger partial charge < -0.3 is 4.57 Å². The van der Waals surface area contributed by atoms with Gasteiger partial charge in [0.25, 0.3) is 0 Å². The molecule has 8 heteroatoms. The summed E-state index contributed by atoms with van der Waals surface area (Å²) in [6, 6.07) is 17.1. The van der Waals surface area contributed by atoms with Crippen molar-refractivity contribution >= 4 is 35.0 Å². The second kappa shape index (κ2) is 9.43. The number of thioether (sulfide) groups is 1. The van der Waals surface area contributed by atoms with Crippen LogP contribution < -0.4 is 10.9 Å². The molecule has 28 heavy (non-hydrogen) atoms. The molecule has 0 saturated carbocycles. The van der Waals surface area contributed by atoms with Gasteiger partial charge in [0.05, 0.1) is 11.4 Å². The largest absolute Gasteiger partial charge is 0.302 e. The fraction of sp³-hybridized carbons (Fsp3) is 0.150. The van der Waals surface area contributed by atoms with Crippen LogP contribution in [0.4, 0.5) is 0 Å². The smallest absolute Gasteiger partial charge is 0.248 e. The molecule has 0 atom stereocenters. The van der Waals surface area contributed by atoms with Crippen LogP contribution in [0.3, 0.4) is 0 Å². The third-order valence-electron chi connectivity index (χ3n) is 3.94. The van der Waals surface area contributed by atoms with E-state index in [1.54, 1.807) is 12.1 Å². The summed E-state index contributed by atoms with van der Waals surface area (Å²) in [5.41, 5.74) is 7.88. The van der Waals surface area contributed by atoms with E-state index in [0.717, 1.165) is 17.0 Å². The van der Waals surface area contributed by atoms with Crippen molar-refractivity contribution in [1.29, 1.82) is 0 Å². The Bertz CT molecular complexity index is 956. The average molecular weight is 414 g/mol. The quantitative estimate of drug-likeness (QED) is 0.431. The molecule has 0 saturated heterocycles. The zero-order valence-corrected chi connectivity index (χ0v) is 16.9. The van der Waals surface area contributed by atoms with E-state index in [4.69, 9.17) is 11.6 Å². The Morgan fingerprint density at radius 3 is 2.50 bits per heavy atom. The first-order chi connectivity index (χ1) is 13.6. The number of rotatable bonds is 8. The van der Waals surface area contributed by atoms with Gasteiger partial charge in [0.1, 0.15) is 0 Å². The van der Waals surface area contributed by atoms with Crippen LogP contribution in [0.25, 0.3) is 17.1 Å². The molecule has 1 amide bonds. The summed E-state index contributed by atoms with van der Waals surface area (Å²) >= 11 is 7.21. The SMILES string of the molecule is C=C(NNC(=O)CSc1nnc(-c2ccccc2)n1CC)c1ccc(Cl)cc1. The number of benzene rings is 2. The number of nitrogens with one attached hydrogen (secondary N) is 2. The maximum absolute atomic E-state index is 12.2. The number of hydrazine groups is 1.